The summed E-state index contributed by atoms with van der Waals surface area (Å²) in [6, 6.07) is 13.0. The predicted molar refractivity (Wildman–Crippen MR) is 101 cm³/mol. The quantitative estimate of drug-likeness (QED) is 0.370. The van der Waals surface area contributed by atoms with Crippen molar-refractivity contribution in [3.05, 3.63) is 47.5 Å². The topological polar surface area (TPSA) is 62.2 Å². The molecule has 0 radical (unpaired) electrons. The van der Waals surface area contributed by atoms with Gasteiger partial charge >= 0.3 is 0 Å². The van der Waals surface area contributed by atoms with Gasteiger partial charge < -0.3 is 9.87 Å². The third kappa shape index (κ3) is 4.14. The van der Waals surface area contributed by atoms with Crippen LogP contribution in [0, 0.1) is 5.41 Å². The van der Waals surface area contributed by atoms with Crippen LogP contribution in [0.15, 0.2) is 52.3 Å². The Kier molecular flexibility index (Phi) is 6.24. The van der Waals surface area contributed by atoms with Crippen molar-refractivity contribution in [1.82, 2.24) is 5.32 Å². The first-order valence-corrected chi connectivity index (χ1v) is 9.97. The van der Waals surface area contributed by atoms with Gasteiger partial charge in [-0.2, -0.15) is 0 Å². The van der Waals surface area contributed by atoms with Gasteiger partial charge in [0.25, 0.3) is 0 Å². The lowest BCUT2D eigenvalue weighted by Gasteiger charge is -2.26. The number of anilines is 2. The Morgan fingerprint density at radius 3 is 2.65 bits per heavy atom. The molecule has 122 valence electrons. The molecule has 2 aromatic rings. The predicted octanol–water partition coefficient (Wildman–Crippen LogP) is 4.09. The van der Waals surface area contributed by atoms with Crippen LogP contribution in [0.5, 0.6) is 0 Å². The first-order chi connectivity index (χ1) is 11.0. The van der Waals surface area contributed by atoms with Crippen molar-refractivity contribution in [2.45, 2.75) is 9.79 Å². The highest BCUT2D eigenvalue weighted by molar-refractivity contribution is 7.98. The van der Waals surface area contributed by atoms with E-state index in [0.29, 0.717) is 15.6 Å². The molecular formula is C16H18ClN3OS2. The van der Waals surface area contributed by atoms with Crippen LogP contribution in [0.3, 0.4) is 0 Å². The zero-order chi connectivity index (χ0) is 17.0. The van der Waals surface area contributed by atoms with Gasteiger partial charge in [0.2, 0.25) is 0 Å². The smallest absolute Gasteiger partial charge is 0.200 e. The fourth-order valence-electron chi connectivity index (χ4n) is 2.09. The second-order valence-corrected chi connectivity index (χ2v) is 7.37. The van der Waals surface area contributed by atoms with Crippen molar-refractivity contribution in [1.29, 1.82) is 5.41 Å². The fraction of sp³-hybridized carbons (Fsp3) is 0.188. The SMILES string of the molecule is CNC(=N)N(c1cccc([S+](C)[O-])c1)c1cc(SC)ccc1Cl. The van der Waals surface area contributed by atoms with Gasteiger partial charge in [-0.3, -0.25) is 10.3 Å². The van der Waals surface area contributed by atoms with Crippen LogP contribution in [-0.4, -0.2) is 30.1 Å². The molecule has 0 aliphatic rings. The van der Waals surface area contributed by atoms with E-state index in [2.05, 4.69) is 5.32 Å². The number of guanidine groups is 1. The molecule has 1 unspecified atom stereocenters. The number of benzene rings is 2. The molecule has 0 aliphatic heterocycles. The van der Waals surface area contributed by atoms with Crippen LogP contribution in [0.2, 0.25) is 5.02 Å². The Morgan fingerprint density at radius 1 is 1.30 bits per heavy atom. The Labute approximate surface area is 148 Å². The average molecular weight is 368 g/mol. The second-order valence-electron chi connectivity index (χ2n) is 4.70. The maximum Gasteiger partial charge on any atom is 0.200 e. The number of halogens is 1. The van der Waals surface area contributed by atoms with E-state index in [4.69, 9.17) is 17.0 Å². The summed E-state index contributed by atoms with van der Waals surface area (Å²) in [5.41, 5.74) is 1.44. The summed E-state index contributed by atoms with van der Waals surface area (Å²) in [5, 5.41) is 11.6. The summed E-state index contributed by atoms with van der Waals surface area (Å²) in [6.07, 6.45) is 3.62. The lowest BCUT2D eigenvalue weighted by atomic mass is 10.2. The molecule has 2 aromatic carbocycles. The minimum atomic E-state index is -1.09. The van der Waals surface area contributed by atoms with E-state index < -0.39 is 11.2 Å². The highest BCUT2D eigenvalue weighted by atomic mass is 35.5. The van der Waals surface area contributed by atoms with Gasteiger partial charge in [-0.15, -0.1) is 11.8 Å². The van der Waals surface area contributed by atoms with Gasteiger partial charge in [0.1, 0.15) is 6.26 Å². The molecule has 1 atom stereocenters. The molecule has 4 nitrogen and oxygen atoms in total. The molecule has 2 rings (SSSR count). The maximum atomic E-state index is 11.8. The molecule has 0 spiro atoms. The van der Waals surface area contributed by atoms with Crippen LogP contribution in [-0.2, 0) is 11.2 Å². The first kappa shape index (κ1) is 18.0. The third-order valence-corrected chi connectivity index (χ3v) is 5.23. The molecular weight excluding hydrogens is 350 g/mol. The van der Waals surface area contributed by atoms with Gasteiger partial charge in [-0.05, 0) is 47.8 Å². The van der Waals surface area contributed by atoms with Crippen LogP contribution in [0.4, 0.5) is 11.4 Å². The maximum absolute atomic E-state index is 11.8. The van der Waals surface area contributed by atoms with Gasteiger partial charge in [-0.25, -0.2) is 0 Å². The molecule has 0 saturated carbocycles. The number of thioether (sulfide) groups is 1. The molecule has 0 bridgehead atoms. The lowest BCUT2D eigenvalue weighted by Crippen LogP contribution is -2.35. The average Bonchev–Trinajstić information content (AvgIpc) is 2.56. The van der Waals surface area contributed by atoms with Crippen molar-refractivity contribution in [2.75, 3.05) is 24.5 Å². The summed E-state index contributed by atoms with van der Waals surface area (Å²) in [4.78, 5) is 3.46. The summed E-state index contributed by atoms with van der Waals surface area (Å²) >= 11 is 6.88. The molecule has 0 aromatic heterocycles. The summed E-state index contributed by atoms with van der Waals surface area (Å²) < 4.78 is 11.8. The van der Waals surface area contributed by atoms with Crippen molar-refractivity contribution < 1.29 is 4.55 Å². The molecule has 2 N–H and O–H groups in total. The third-order valence-electron chi connectivity index (χ3n) is 3.26. The summed E-state index contributed by atoms with van der Waals surface area (Å²) in [6.45, 7) is 0. The number of hydrogen-bond acceptors (Lipinski definition) is 3. The van der Waals surface area contributed by atoms with Crippen LogP contribution < -0.4 is 10.2 Å². The fourth-order valence-corrected chi connectivity index (χ4v) is 3.29. The van der Waals surface area contributed by atoms with E-state index in [1.165, 1.54) is 0 Å². The largest absolute Gasteiger partial charge is 0.612 e. The second kappa shape index (κ2) is 7.97. The minimum absolute atomic E-state index is 0.184. The van der Waals surface area contributed by atoms with Crippen molar-refractivity contribution in [3.63, 3.8) is 0 Å². The van der Waals surface area contributed by atoms with E-state index >= 15 is 0 Å². The summed E-state index contributed by atoms with van der Waals surface area (Å²) in [5.74, 6) is 0.184. The monoisotopic (exact) mass is 367 g/mol. The standard InChI is InChI=1S/C16H18ClN3OS2/c1-19-16(18)20(11-5-4-6-13(9-11)23(3)21)15-10-12(22-2)7-8-14(15)17/h4-10H,1-3H3,(H2,18,19). The summed E-state index contributed by atoms with van der Waals surface area (Å²) in [7, 11) is 1.68. The van der Waals surface area contributed by atoms with Gasteiger partial charge in [-0.1, -0.05) is 17.7 Å². The number of hydrogen-bond donors (Lipinski definition) is 2. The molecule has 0 heterocycles. The Balaban J connectivity index is 2.58. The molecule has 0 aliphatic carbocycles. The first-order valence-electron chi connectivity index (χ1n) is 6.81. The molecule has 0 fully saturated rings. The Bertz CT molecular complexity index is 709. The highest BCUT2D eigenvalue weighted by Crippen LogP contribution is 2.35. The number of nitrogens with one attached hydrogen (secondary N) is 2. The lowest BCUT2D eigenvalue weighted by molar-refractivity contribution is 0.601. The normalized spacial score (nSPS) is 11.9. The number of rotatable bonds is 4. The van der Waals surface area contributed by atoms with Crippen LogP contribution in [0.25, 0.3) is 0 Å². The molecule has 7 heteroatoms. The van der Waals surface area contributed by atoms with E-state index in [1.54, 1.807) is 36.0 Å². The Hall–Kier alpha value is -1.34. The van der Waals surface area contributed by atoms with Crippen molar-refractivity contribution in [3.8, 4) is 0 Å². The van der Waals surface area contributed by atoms with E-state index in [1.807, 2.05) is 42.7 Å². The highest BCUT2D eigenvalue weighted by Gasteiger charge is 2.19. The zero-order valence-electron chi connectivity index (χ0n) is 13.1. The molecule has 0 saturated heterocycles. The van der Waals surface area contributed by atoms with Crippen molar-refractivity contribution >= 4 is 51.9 Å². The van der Waals surface area contributed by atoms with E-state index in [0.717, 1.165) is 10.6 Å². The molecule has 0 amide bonds. The zero-order valence-corrected chi connectivity index (χ0v) is 15.5. The van der Waals surface area contributed by atoms with E-state index in [9.17, 15) is 4.55 Å². The minimum Gasteiger partial charge on any atom is -0.612 e. The molecule has 23 heavy (non-hydrogen) atoms. The van der Waals surface area contributed by atoms with Gasteiger partial charge in [0.05, 0.1) is 16.4 Å². The van der Waals surface area contributed by atoms with Gasteiger partial charge in [0.15, 0.2) is 10.9 Å². The Morgan fingerprint density at radius 2 is 2.04 bits per heavy atom. The number of nitrogens with zero attached hydrogens (tertiary/aromatic N) is 1. The van der Waals surface area contributed by atoms with Crippen LogP contribution in [0.1, 0.15) is 0 Å². The van der Waals surface area contributed by atoms with Crippen LogP contribution >= 0.6 is 23.4 Å². The van der Waals surface area contributed by atoms with Crippen molar-refractivity contribution in [2.24, 2.45) is 0 Å². The van der Waals surface area contributed by atoms with E-state index in [-0.39, 0.29) is 5.96 Å². The van der Waals surface area contributed by atoms with Gasteiger partial charge in [0, 0.05) is 18.0 Å².